The monoisotopic (exact) mass is 409 g/mol. The van der Waals surface area contributed by atoms with Crippen molar-refractivity contribution in [2.24, 2.45) is 13.0 Å². The summed E-state index contributed by atoms with van der Waals surface area (Å²) < 4.78 is 28.9. The molecule has 2 aromatic rings. The summed E-state index contributed by atoms with van der Waals surface area (Å²) in [6.07, 6.45) is 3.40. The molecule has 6 nitrogen and oxygen atoms in total. The maximum absolute atomic E-state index is 12.9. The molecule has 0 spiro atoms. The molecule has 2 heterocycles. The van der Waals surface area contributed by atoms with E-state index in [2.05, 4.69) is 12.2 Å². The van der Waals surface area contributed by atoms with Crippen LogP contribution in [-0.2, 0) is 23.6 Å². The van der Waals surface area contributed by atoms with Gasteiger partial charge in [-0.3, -0.25) is 4.79 Å². The first-order valence-electron chi connectivity index (χ1n) is 8.97. The van der Waals surface area contributed by atoms with Gasteiger partial charge in [0.05, 0.1) is 0 Å². The molecule has 27 heavy (non-hydrogen) atoms. The van der Waals surface area contributed by atoms with Crippen LogP contribution in [0, 0.1) is 5.92 Å². The van der Waals surface area contributed by atoms with Gasteiger partial charge in [0.2, 0.25) is 10.0 Å². The van der Waals surface area contributed by atoms with Crippen LogP contribution >= 0.6 is 11.6 Å². The van der Waals surface area contributed by atoms with Crippen molar-refractivity contribution >= 4 is 27.5 Å². The lowest BCUT2D eigenvalue weighted by Crippen LogP contribution is -2.38. The molecule has 0 unspecified atom stereocenters. The highest BCUT2D eigenvalue weighted by atomic mass is 35.5. The number of amides is 1. The van der Waals surface area contributed by atoms with Crippen LogP contribution < -0.4 is 5.32 Å². The van der Waals surface area contributed by atoms with E-state index in [4.69, 9.17) is 11.6 Å². The molecule has 3 rings (SSSR count). The van der Waals surface area contributed by atoms with E-state index < -0.39 is 10.0 Å². The maximum Gasteiger partial charge on any atom is 0.268 e. The Bertz CT molecular complexity index is 939. The van der Waals surface area contributed by atoms with E-state index in [1.807, 2.05) is 18.2 Å². The Balaban J connectivity index is 1.75. The Morgan fingerprint density at radius 1 is 1.33 bits per heavy atom. The van der Waals surface area contributed by atoms with Gasteiger partial charge in [-0.25, -0.2) is 8.42 Å². The fourth-order valence-corrected chi connectivity index (χ4v) is 5.20. The predicted octanol–water partition coefficient (Wildman–Crippen LogP) is 3.03. The van der Waals surface area contributed by atoms with Gasteiger partial charge in [-0.2, -0.15) is 4.31 Å². The van der Waals surface area contributed by atoms with Crippen LogP contribution in [0.1, 0.15) is 35.8 Å². The Labute approximate surface area is 165 Å². The molecule has 1 saturated heterocycles. The number of benzene rings is 1. The van der Waals surface area contributed by atoms with Crippen LogP contribution in [0.15, 0.2) is 41.4 Å². The number of nitrogens with zero attached hydrogens (tertiary/aromatic N) is 2. The lowest BCUT2D eigenvalue weighted by molar-refractivity contribution is 0.0943. The first-order valence-corrected chi connectivity index (χ1v) is 10.8. The van der Waals surface area contributed by atoms with E-state index in [0.717, 1.165) is 18.4 Å². The summed E-state index contributed by atoms with van der Waals surface area (Å²) in [5.41, 5.74) is 1.10. The van der Waals surface area contributed by atoms with Crippen molar-refractivity contribution in [3.05, 3.63) is 52.8 Å². The molecule has 1 N–H and O–H groups in total. The third-order valence-electron chi connectivity index (χ3n) is 4.87. The standard InChI is InChI=1S/C19H24ClN3O3S/c1-14-6-5-9-23(12-14)27(25,26)16-10-18(22(2)13-16)19(24)21-11-15-7-3-4-8-17(15)20/h3-4,7-8,10,13-14H,5-6,9,11-12H2,1-2H3,(H,21,24)/t14-/m1/s1. The summed E-state index contributed by atoms with van der Waals surface area (Å²) in [6.45, 7) is 3.37. The van der Waals surface area contributed by atoms with E-state index >= 15 is 0 Å². The average Bonchev–Trinajstić information content (AvgIpc) is 3.03. The molecule has 1 amide bonds. The number of nitrogens with one attached hydrogen (secondary N) is 1. The molecule has 1 aromatic heterocycles. The first kappa shape index (κ1) is 19.9. The van der Waals surface area contributed by atoms with E-state index in [1.165, 1.54) is 16.6 Å². The highest BCUT2D eigenvalue weighted by Gasteiger charge is 2.30. The van der Waals surface area contributed by atoms with Gasteiger partial charge < -0.3 is 9.88 Å². The second-order valence-corrected chi connectivity index (χ2v) is 9.40. The molecule has 1 aliphatic heterocycles. The fraction of sp³-hybridized carbons (Fsp3) is 0.421. The van der Waals surface area contributed by atoms with Crippen molar-refractivity contribution in [1.82, 2.24) is 14.2 Å². The van der Waals surface area contributed by atoms with Gasteiger partial charge in [0.15, 0.2) is 0 Å². The van der Waals surface area contributed by atoms with Gasteiger partial charge in [0.25, 0.3) is 5.91 Å². The molecule has 0 saturated carbocycles. The second kappa shape index (κ2) is 8.04. The molecule has 146 valence electrons. The van der Waals surface area contributed by atoms with Crippen molar-refractivity contribution in [2.45, 2.75) is 31.2 Å². The van der Waals surface area contributed by atoms with Gasteiger partial charge in [-0.05, 0) is 36.5 Å². The molecular formula is C19H24ClN3O3S. The van der Waals surface area contributed by atoms with Crippen LogP contribution in [0.3, 0.4) is 0 Å². The molecule has 1 aliphatic rings. The zero-order valence-electron chi connectivity index (χ0n) is 15.5. The van der Waals surface area contributed by atoms with Crippen LogP contribution in [0.5, 0.6) is 0 Å². The average molecular weight is 410 g/mol. The van der Waals surface area contributed by atoms with E-state index in [-0.39, 0.29) is 17.3 Å². The number of halogens is 1. The molecule has 0 radical (unpaired) electrons. The van der Waals surface area contributed by atoms with Crippen molar-refractivity contribution in [1.29, 1.82) is 0 Å². The summed E-state index contributed by atoms with van der Waals surface area (Å²) in [5.74, 6) is 0.00140. The smallest absolute Gasteiger partial charge is 0.268 e. The number of piperidine rings is 1. The molecule has 0 bridgehead atoms. The van der Waals surface area contributed by atoms with Gasteiger partial charge in [0.1, 0.15) is 10.6 Å². The predicted molar refractivity (Wildman–Crippen MR) is 105 cm³/mol. The Hall–Kier alpha value is -1.83. The summed E-state index contributed by atoms with van der Waals surface area (Å²) >= 11 is 6.11. The minimum Gasteiger partial charge on any atom is -0.347 e. The third-order valence-corrected chi connectivity index (χ3v) is 7.07. The lowest BCUT2D eigenvalue weighted by Gasteiger charge is -2.29. The van der Waals surface area contributed by atoms with Crippen LogP contribution in [0.2, 0.25) is 5.02 Å². The van der Waals surface area contributed by atoms with Crippen LogP contribution in [-0.4, -0.2) is 36.3 Å². The highest BCUT2D eigenvalue weighted by Crippen LogP contribution is 2.24. The third kappa shape index (κ3) is 4.36. The van der Waals surface area contributed by atoms with E-state index in [0.29, 0.717) is 29.7 Å². The fourth-order valence-electron chi connectivity index (χ4n) is 3.32. The zero-order chi connectivity index (χ0) is 19.6. The number of aromatic nitrogens is 1. The highest BCUT2D eigenvalue weighted by molar-refractivity contribution is 7.89. The summed E-state index contributed by atoms with van der Waals surface area (Å²) in [4.78, 5) is 12.7. The number of hydrogen-bond acceptors (Lipinski definition) is 3. The lowest BCUT2D eigenvalue weighted by atomic mass is 10.0. The summed E-state index contributed by atoms with van der Waals surface area (Å²) in [6, 6.07) is 8.71. The molecule has 1 fully saturated rings. The number of rotatable bonds is 5. The van der Waals surface area contributed by atoms with Crippen LogP contribution in [0.4, 0.5) is 0 Å². The van der Waals surface area contributed by atoms with Gasteiger partial charge in [-0.1, -0.05) is 36.7 Å². The quantitative estimate of drug-likeness (QED) is 0.825. The van der Waals surface area contributed by atoms with E-state index in [9.17, 15) is 13.2 Å². The minimum atomic E-state index is -3.59. The normalized spacial score (nSPS) is 18.4. The van der Waals surface area contributed by atoms with Crippen molar-refractivity contribution in [2.75, 3.05) is 13.1 Å². The second-order valence-electron chi connectivity index (χ2n) is 7.06. The summed E-state index contributed by atoms with van der Waals surface area (Å²) in [7, 11) is -1.92. The summed E-state index contributed by atoms with van der Waals surface area (Å²) in [5, 5.41) is 3.37. The molecular weight excluding hydrogens is 386 g/mol. The molecule has 1 atom stereocenters. The zero-order valence-corrected chi connectivity index (χ0v) is 17.1. The Kier molecular flexibility index (Phi) is 5.93. The largest absolute Gasteiger partial charge is 0.347 e. The Morgan fingerprint density at radius 3 is 2.78 bits per heavy atom. The van der Waals surface area contributed by atoms with Crippen molar-refractivity contribution < 1.29 is 13.2 Å². The number of carbonyl (C=O) groups is 1. The maximum atomic E-state index is 12.9. The van der Waals surface area contributed by atoms with Crippen molar-refractivity contribution in [3.63, 3.8) is 0 Å². The SMILES string of the molecule is C[C@@H]1CCCN(S(=O)(=O)c2cc(C(=O)NCc3ccccc3Cl)n(C)c2)C1. The molecule has 8 heteroatoms. The Morgan fingerprint density at radius 2 is 2.07 bits per heavy atom. The first-order chi connectivity index (χ1) is 12.8. The molecule has 1 aromatic carbocycles. The minimum absolute atomic E-state index is 0.155. The van der Waals surface area contributed by atoms with Gasteiger partial charge >= 0.3 is 0 Å². The van der Waals surface area contributed by atoms with E-state index in [1.54, 1.807) is 17.7 Å². The topological polar surface area (TPSA) is 71.4 Å². The number of aryl methyl sites for hydroxylation is 1. The number of sulfonamides is 1. The molecule has 0 aliphatic carbocycles. The van der Waals surface area contributed by atoms with Gasteiger partial charge in [-0.15, -0.1) is 0 Å². The van der Waals surface area contributed by atoms with Crippen LogP contribution in [0.25, 0.3) is 0 Å². The van der Waals surface area contributed by atoms with Crippen molar-refractivity contribution in [3.8, 4) is 0 Å². The number of carbonyl (C=O) groups excluding carboxylic acids is 1. The van der Waals surface area contributed by atoms with Gasteiger partial charge in [0, 0.05) is 37.9 Å². The number of hydrogen-bond donors (Lipinski definition) is 1.